The maximum Gasteiger partial charge on any atom is 0.138 e. The predicted octanol–water partition coefficient (Wildman–Crippen LogP) is 4.38. The number of nitrogen functional groups attached to an aromatic ring is 1. The minimum Gasteiger partial charge on any atom is -0.508 e. The maximum absolute atomic E-state index is 14.0. The number of benzene rings is 1. The summed E-state index contributed by atoms with van der Waals surface area (Å²) >= 11 is 0. The standard InChI is InChI=1S/C26H27FN6O/c1-2-30-24(22-11-17(14-32-25(22)28)15-3-6-29-7-4-15)23-13-21-20(5-8-31-26(21)33-23)16-9-18(27)12-19(34)10-16/h5,8-15,29,34H,2-4,6-7H2,1H3,(H2,28,32)(H,31,33). The number of phenols is 1. The number of halogens is 1. The Hall–Kier alpha value is -3.78. The van der Waals surface area contributed by atoms with Gasteiger partial charge >= 0.3 is 0 Å². The van der Waals surface area contributed by atoms with Gasteiger partial charge in [-0.2, -0.15) is 0 Å². The number of piperidine rings is 1. The van der Waals surface area contributed by atoms with Gasteiger partial charge in [-0.15, -0.1) is 0 Å². The first-order chi connectivity index (χ1) is 16.5. The number of nitrogens with two attached hydrogens (primary N) is 1. The summed E-state index contributed by atoms with van der Waals surface area (Å²) in [5.74, 6) is 0.231. The fourth-order valence-electron chi connectivity index (χ4n) is 4.67. The normalized spacial score (nSPS) is 15.2. The van der Waals surface area contributed by atoms with Crippen LogP contribution in [0.2, 0.25) is 0 Å². The lowest BCUT2D eigenvalue weighted by Gasteiger charge is -2.23. The van der Waals surface area contributed by atoms with E-state index in [0.29, 0.717) is 35.2 Å². The second-order valence-corrected chi connectivity index (χ2v) is 8.55. The summed E-state index contributed by atoms with van der Waals surface area (Å²) in [6.45, 7) is 4.53. The Labute approximate surface area is 197 Å². The van der Waals surface area contributed by atoms with Gasteiger partial charge in [0.25, 0.3) is 0 Å². The van der Waals surface area contributed by atoms with Crippen LogP contribution in [0.1, 0.15) is 42.5 Å². The summed E-state index contributed by atoms with van der Waals surface area (Å²) in [5.41, 5.74) is 11.7. The Bertz CT molecular complexity index is 1350. The van der Waals surface area contributed by atoms with E-state index in [2.05, 4.69) is 26.3 Å². The second-order valence-electron chi connectivity index (χ2n) is 8.55. The Morgan fingerprint density at radius 3 is 2.76 bits per heavy atom. The summed E-state index contributed by atoms with van der Waals surface area (Å²) in [4.78, 5) is 17.1. The number of fused-ring (bicyclic) bond motifs is 1. The third kappa shape index (κ3) is 4.24. The molecule has 1 saturated heterocycles. The summed E-state index contributed by atoms with van der Waals surface area (Å²) in [6.07, 6.45) is 5.65. The minimum absolute atomic E-state index is 0.127. The molecular weight excluding hydrogens is 431 g/mol. The lowest BCUT2D eigenvalue weighted by Crippen LogP contribution is -2.27. The molecular formula is C26H27FN6O. The number of anilines is 1. The molecule has 0 radical (unpaired) electrons. The zero-order valence-electron chi connectivity index (χ0n) is 19.0. The van der Waals surface area contributed by atoms with Crippen LogP contribution in [0, 0.1) is 5.82 Å². The van der Waals surface area contributed by atoms with Crippen LogP contribution in [0.25, 0.3) is 22.2 Å². The van der Waals surface area contributed by atoms with E-state index in [9.17, 15) is 9.50 Å². The van der Waals surface area contributed by atoms with E-state index in [-0.39, 0.29) is 5.75 Å². The van der Waals surface area contributed by atoms with Gasteiger partial charge in [0.05, 0.1) is 11.4 Å². The average molecular weight is 459 g/mol. The molecule has 34 heavy (non-hydrogen) atoms. The molecule has 3 aromatic heterocycles. The summed E-state index contributed by atoms with van der Waals surface area (Å²) < 4.78 is 14.0. The Kier molecular flexibility index (Phi) is 5.98. The lowest BCUT2D eigenvalue weighted by atomic mass is 9.90. The van der Waals surface area contributed by atoms with Crippen LogP contribution in [-0.4, -0.2) is 45.4 Å². The summed E-state index contributed by atoms with van der Waals surface area (Å²) in [6, 6.07) is 9.88. The molecule has 5 rings (SSSR count). The molecule has 5 N–H and O–H groups in total. The van der Waals surface area contributed by atoms with Crippen LogP contribution >= 0.6 is 0 Å². The molecule has 7 nitrogen and oxygen atoms in total. The van der Waals surface area contributed by atoms with Crippen LogP contribution in [0.3, 0.4) is 0 Å². The minimum atomic E-state index is -0.502. The monoisotopic (exact) mass is 458 g/mol. The number of pyridine rings is 2. The first-order valence-electron chi connectivity index (χ1n) is 11.5. The molecule has 0 bridgehead atoms. The van der Waals surface area contributed by atoms with E-state index in [4.69, 9.17) is 10.7 Å². The van der Waals surface area contributed by atoms with Gasteiger partial charge < -0.3 is 21.1 Å². The molecule has 0 spiro atoms. The van der Waals surface area contributed by atoms with Crippen molar-refractivity contribution in [1.29, 1.82) is 0 Å². The number of rotatable bonds is 5. The highest BCUT2D eigenvalue weighted by atomic mass is 19.1. The highest BCUT2D eigenvalue weighted by molar-refractivity contribution is 6.16. The topological polar surface area (TPSA) is 112 Å². The van der Waals surface area contributed by atoms with Gasteiger partial charge in [0.1, 0.15) is 23.0 Å². The number of aromatic hydroxyl groups is 1. The summed E-state index contributed by atoms with van der Waals surface area (Å²) in [7, 11) is 0. The highest BCUT2D eigenvalue weighted by Gasteiger charge is 2.21. The van der Waals surface area contributed by atoms with Crippen LogP contribution in [0.15, 0.2) is 53.8 Å². The van der Waals surface area contributed by atoms with Gasteiger partial charge in [-0.1, -0.05) is 0 Å². The summed E-state index contributed by atoms with van der Waals surface area (Å²) in [5, 5.41) is 14.1. The lowest BCUT2D eigenvalue weighted by molar-refractivity contribution is 0.459. The molecule has 0 saturated carbocycles. The van der Waals surface area contributed by atoms with Crippen molar-refractivity contribution in [3.05, 3.63) is 71.4 Å². The van der Waals surface area contributed by atoms with E-state index in [1.54, 1.807) is 12.3 Å². The number of aromatic amines is 1. The van der Waals surface area contributed by atoms with E-state index < -0.39 is 5.82 Å². The third-order valence-electron chi connectivity index (χ3n) is 6.30. The number of nitrogens with zero attached hydrogens (tertiary/aromatic N) is 3. The van der Waals surface area contributed by atoms with Crippen molar-refractivity contribution in [2.75, 3.05) is 25.4 Å². The van der Waals surface area contributed by atoms with E-state index in [1.165, 1.54) is 17.7 Å². The first kappa shape index (κ1) is 22.0. The Morgan fingerprint density at radius 1 is 1.18 bits per heavy atom. The van der Waals surface area contributed by atoms with Gasteiger partial charge in [-0.3, -0.25) is 4.99 Å². The van der Waals surface area contributed by atoms with E-state index in [0.717, 1.165) is 54.2 Å². The van der Waals surface area contributed by atoms with Crippen molar-refractivity contribution in [3.63, 3.8) is 0 Å². The Balaban J connectivity index is 1.61. The number of aromatic nitrogens is 3. The maximum atomic E-state index is 14.0. The van der Waals surface area contributed by atoms with Crippen molar-refractivity contribution >= 4 is 22.6 Å². The second kappa shape index (κ2) is 9.23. The molecule has 4 aromatic rings. The van der Waals surface area contributed by atoms with Crippen molar-refractivity contribution in [2.24, 2.45) is 4.99 Å². The van der Waals surface area contributed by atoms with Crippen molar-refractivity contribution in [1.82, 2.24) is 20.3 Å². The number of hydrogen-bond donors (Lipinski definition) is 4. The van der Waals surface area contributed by atoms with Crippen molar-refractivity contribution < 1.29 is 9.50 Å². The molecule has 0 amide bonds. The van der Waals surface area contributed by atoms with Gasteiger partial charge in [0, 0.05) is 36.0 Å². The number of nitrogens with one attached hydrogen (secondary N) is 2. The zero-order valence-corrected chi connectivity index (χ0v) is 19.0. The van der Waals surface area contributed by atoms with Crippen LogP contribution in [-0.2, 0) is 0 Å². The fourth-order valence-corrected chi connectivity index (χ4v) is 4.67. The van der Waals surface area contributed by atoms with Gasteiger partial charge in [0.2, 0.25) is 0 Å². The van der Waals surface area contributed by atoms with Crippen molar-refractivity contribution in [3.8, 4) is 16.9 Å². The number of aliphatic imine (C=N–C) groups is 1. The molecule has 4 heterocycles. The molecule has 0 aliphatic carbocycles. The molecule has 1 aromatic carbocycles. The smallest absolute Gasteiger partial charge is 0.138 e. The highest BCUT2D eigenvalue weighted by Crippen LogP contribution is 2.32. The number of phenolic OH excluding ortho intramolecular Hbond substituents is 1. The van der Waals surface area contributed by atoms with E-state index >= 15 is 0 Å². The van der Waals surface area contributed by atoms with Crippen LogP contribution < -0.4 is 11.1 Å². The van der Waals surface area contributed by atoms with Crippen LogP contribution in [0.5, 0.6) is 5.75 Å². The van der Waals surface area contributed by atoms with Gasteiger partial charge in [-0.25, -0.2) is 14.4 Å². The predicted molar refractivity (Wildman–Crippen MR) is 133 cm³/mol. The third-order valence-corrected chi connectivity index (χ3v) is 6.30. The number of hydrogen-bond acceptors (Lipinski definition) is 6. The Morgan fingerprint density at radius 2 is 2.00 bits per heavy atom. The fraction of sp³-hybridized carbons (Fsp3) is 0.269. The van der Waals surface area contributed by atoms with Gasteiger partial charge in [0.15, 0.2) is 0 Å². The van der Waals surface area contributed by atoms with Crippen LogP contribution in [0.4, 0.5) is 10.2 Å². The quantitative estimate of drug-likeness (QED) is 0.332. The van der Waals surface area contributed by atoms with Gasteiger partial charge in [-0.05, 0) is 85.8 Å². The first-order valence-corrected chi connectivity index (χ1v) is 11.5. The van der Waals surface area contributed by atoms with E-state index in [1.807, 2.05) is 19.2 Å². The number of H-pyrrole nitrogens is 1. The molecule has 0 unspecified atom stereocenters. The molecule has 174 valence electrons. The SMILES string of the molecule is CCN=C(c1cc2c(-c3cc(O)cc(F)c3)ccnc2[nH]1)c1cc(C2CCNCC2)cnc1N. The largest absolute Gasteiger partial charge is 0.508 e. The molecule has 0 atom stereocenters. The zero-order chi connectivity index (χ0) is 23.7. The molecule has 1 aliphatic heterocycles. The molecule has 1 aliphatic rings. The molecule has 8 heteroatoms. The molecule has 1 fully saturated rings. The van der Waals surface area contributed by atoms with Crippen molar-refractivity contribution in [2.45, 2.75) is 25.7 Å². The average Bonchev–Trinajstić information content (AvgIpc) is 3.27.